The number of hydrogen-bond donors (Lipinski definition) is 2. The first kappa shape index (κ1) is 11.3. The maximum absolute atomic E-state index is 12.4. The molecule has 1 rings (SSSR count). The van der Waals surface area contributed by atoms with Crippen molar-refractivity contribution in [1.29, 1.82) is 0 Å². The Kier molecular flexibility index (Phi) is 2.28. The summed E-state index contributed by atoms with van der Waals surface area (Å²) in [5, 5.41) is 8.54. The third kappa shape index (κ3) is 1.36. The second-order valence-corrected chi connectivity index (χ2v) is 3.51. The van der Waals surface area contributed by atoms with Crippen LogP contribution in [0.5, 0.6) is 0 Å². The van der Waals surface area contributed by atoms with Crippen LogP contribution >= 0.6 is 0 Å². The Morgan fingerprint density at radius 3 is 2.14 bits per heavy atom. The number of hydrogen-bond acceptors (Lipinski definition) is 3. The second kappa shape index (κ2) is 2.83. The van der Waals surface area contributed by atoms with Gasteiger partial charge in [0.05, 0.1) is 0 Å². The van der Waals surface area contributed by atoms with Crippen LogP contribution in [0.25, 0.3) is 0 Å². The molecule has 1 saturated carbocycles. The molecule has 1 aliphatic carbocycles. The van der Waals surface area contributed by atoms with Gasteiger partial charge in [-0.05, 0) is 0 Å². The van der Waals surface area contributed by atoms with E-state index in [4.69, 9.17) is 10.8 Å². The largest absolute Gasteiger partial charge is 0.480 e. The Morgan fingerprint density at radius 1 is 1.50 bits per heavy atom. The van der Waals surface area contributed by atoms with E-state index in [-0.39, 0.29) is 0 Å². The molecular formula is C7H10F3NO3. The number of aliphatic carboxylic acids is 1. The molecule has 1 aliphatic rings. The first-order valence-electron chi connectivity index (χ1n) is 3.81. The Balaban J connectivity index is 2.81. The molecule has 0 saturated heterocycles. The minimum atomic E-state index is -4.58. The highest BCUT2D eigenvalue weighted by Crippen LogP contribution is 2.51. The maximum Gasteiger partial charge on any atom is 0.417 e. The van der Waals surface area contributed by atoms with Crippen molar-refractivity contribution >= 4 is 5.97 Å². The quantitative estimate of drug-likeness (QED) is 0.701. The lowest BCUT2D eigenvalue weighted by molar-refractivity contribution is -0.309. The number of rotatable bonds is 2. The molecule has 3 N–H and O–H groups in total. The van der Waals surface area contributed by atoms with Crippen LogP contribution in [0.1, 0.15) is 12.8 Å². The van der Waals surface area contributed by atoms with Gasteiger partial charge in [-0.25, -0.2) is 0 Å². The van der Waals surface area contributed by atoms with E-state index in [0.717, 1.165) is 7.11 Å². The van der Waals surface area contributed by atoms with E-state index in [9.17, 15) is 18.0 Å². The van der Waals surface area contributed by atoms with E-state index in [2.05, 4.69) is 4.74 Å². The lowest BCUT2D eigenvalue weighted by Crippen LogP contribution is -2.71. The van der Waals surface area contributed by atoms with Crippen molar-refractivity contribution < 1.29 is 27.8 Å². The summed E-state index contributed by atoms with van der Waals surface area (Å²) in [5.41, 5.74) is 1.01. The van der Waals surface area contributed by atoms with E-state index in [1.807, 2.05) is 0 Å². The fourth-order valence-corrected chi connectivity index (χ4v) is 1.58. The molecule has 14 heavy (non-hydrogen) atoms. The van der Waals surface area contributed by atoms with Gasteiger partial charge in [-0.1, -0.05) is 0 Å². The molecule has 0 spiro atoms. The van der Waals surface area contributed by atoms with Crippen molar-refractivity contribution in [1.82, 2.24) is 0 Å². The van der Waals surface area contributed by atoms with Crippen LogP contribution in [-0.4, -0.2) is 35.5 Å². The van der Waals surface area contributed by atoms with Crippen LogP contribution in [0.15, 0.2) is 0 Å². The maximum atomic E-state index is 12.4. The monoisotopic (exact) mass is 213 g/mol. The molecule has 0 aromatic carbocycles. The standard InChI is InChI=1S/C7H10F3NO3/c1-14-6(7(8,9)10)2-5(11,3-6)4(12)13/h2-3,11H2,1H3,(H,12,13). The summed E-state index contributed by atoms with van der Waals surface area (Å²) in [7, 11) is 0.898. The summed E-state index contributed by atoms with van der Waals surface area (Å²) in [6.45, 7) is 0. The molecule has 0 aromatic heterocycles. The Morgan fingerprint density at radius 2 is 1.93 bits per heavy atom. The molecule has 82 valence electrons. The SMILES string of the molecule is COC1(C(F)(F)F)CC(N)(C(=O)O)C1. The second-order valence-electron chi connectivity index (χ2n) is 3.51. The Bertz CT molecular complexity index is 257. The van der Waals surface area contributed by atoms with Crippen LogP contribution < -0.4 is 5.73 Å². The van der Waals surface area contributed by atoms with Crippen molar-refractivity contribution in [3.63, 3.8) is 0 Å². The van der Waals surface area contributed by atoms with Crippen LogP contribution in [-0.2, 0) is 9.53 Å². The van der Waals surface area contributed by atoms with Gasteiger partial charge in [0.2, 0.25) is 0 Å². The zero-order valence-corrected chi connectivity index (χ0v) is 7.39. The summed E-state index contributed by atoms with van der Waals surface area (Å²) in [6.07, 6.45) is -6.06. The summed E-state index contributed by atoms with van der Waals surface area (Å²) < 4.78 is 41.5. The van der Waals surface area contributed by atoms with Gasteiger partial charge in [0.1, 0.15) is 5.54 Å². The van der Waals surface area contributed by atoms with E-state index in [0.29, 0.717) is 0 Å². The fraction of sp³-hybridized carbons (Fsp3) is 0.857. The van der Waals surface area contributed by atoms with Crippen LogP contribution in [0.2, 0.25) is 0 Å². The number of carboxylic acids is 1. The fourth-order valence-electron chi connectivity index (χ4n) is 1.58. The van der Waals surface area contributed by atoms with Gasteiger partial charge in [0.15, 0.2) is 5.60 Å². The Hall–Kier alpha value is -0.820. The number of carbonyl (C=O) groups is 1. The van der Waals surface area contributed by atoms with Crippen molar-refractivity contribution in [2.75, 3.05) is 7.11 Å². The average Bonchev–Trinajstić information content (AvgIpc) is 1.95. The number of ether oxygens (including phenoxy) is 1. The smallest absolute Gasteiger partial charge is 0.417 e. The van der Waals surface area contributed by atoms with E-state index >= 15 is 0 Å². The molecule has 0 amide bonds. The average molecular weight is 213 g/mol. The van der Waals surface area contributed by atoms with Crippen molar-refractivity contribution in [3.8, 4) is 0 Å². The normalized spacial score (nSPS) is 37.8. The van der Waals surface area contributed by atoms with Gasteiger partial charge < -0.3 is 15.6 Å². The van der Waals surface area contributed by atoms with Crippen LogP contribution in [0.3, 0.4) is 0 Å². The molecule has 4 nitrogen and oxygen atoms in total. The predicted octanol–water partition coefficient (Wildman–Crippen LogP) is 0.510. The van der Waals surface area contributed by atoms with Crippen LogP contribution in [0, 0.1) is 0 Å². The lowest BCUT2D eigenvalue weighted by atomic mass is 9.65. The van der Waals surface area contributed by atoms with E-state index in [1.54, 1.807) is 0 Å². The number of halogens is 3. The molecule has 0 bridgehead atoms. The highest BCUT2D eigenvalue weighted by atomic mass is 19.4. The molecule has 1 fully saturated rings. The third-order valence-corrected chi connectivity index (χ3v) is 2.54. The minimum Gasteiger partial charge on any atom is -0.480 e. The molecule has 0 aliphatic heterocycles. The summed E-state index contributed by atoms with van der Waals surface area (Å²) >= 11 is 0. The molecule has 0 atom stereocenters. The first-order chi connectivity index (χ1) is 6.17. The van der Waals surface area contributed by atoms with Crippen LogP contribution in [0.4, 0.5) is 13.2 Å². The van der Waals surface area contributed by atoms with Gasteiger partial charge in [-0.15, -0.1) is 0 Å². The summed E-state index contributed by atoms with van der Waals surface area (Å²) in [4.78, 5) is 10.5. The van der Waals surface area contributed by atoms with Gasteiger partial charge >= 0.3 is 12.1 Å². The summed E-state index contributed by atoms with van der Waals surface area (Å²) in [6, 6.07) is 0. The Labute approximate surface area is 77.8 Å². The third-order valence-electron chi connectivity index (χ3n) is 2.54. The van der Waals surface area contributed by atoms with Gasteiger partial charge in [0, 0.05) is 20.0 Å². The zero-order valence-electron chi connectivity index (χ0n) is 7.39. The van der Waals surface area contributed by atoms with Gasteiger partial charge in [0.25, 0.3) is 0 Å². The van der Waals surface area contributed by atoms with Gasteiger partial charge in [-0.2, -0.15) is 13.2 Å². The van der Waals surface area contributed by atoms with Crippen molar-refractivity contribution in [2.45, 2.75) is 30.2 Å². The minimum absolute atomic E-state index is 0.741. The molecule has 0 heterocycles. The number of nitrogens with two attached hydrogens (primary N) is 1. The zero-order chi connectivity index (χ0) is 11.2. The number of methoxy groups -OCH3 is 1. The highest BCUT2D eigenvalue weighted by Gasteiger charge is 2.70. The molecule has 7 heteroatoms. The number of alkyl halides is 3. The number of carboxylic acid groups (broad SMARTS) is 1. The molecule has 0 radical (unpaired) electrons. The highest BCUT2D eigenvalue weighted by molar-refractivity contribution is 5.80. The molecule has 0 aromatic rings. The topological polar surface area (TPSA) is 72.5 Å². The lowest BCUT2D eigenvalue weighted by Gasteiger charge is -2.50. The van der Waals surface area contributed by atoms with Crippen molar-refractivity contribution in [3.05, 3.63) is 0 Å². The van der Waals surface area contributed by atoms with Crippen molar-refractivity contribution in [2.24, 2.45) is 5.73 Å². The van der Waals surface area contributed by atoms with E-state index < -0.39 is 36.1 Å². The van der Waals surface area contributed by atoms with Gasteiger partial charge in [-0.3, -0.25) is 4.79 Å². The molecular weight excluding hydrogens is 203 g/mol. The van der Waals surface area contributed by atoms with E-state index in [1.165, 1.54) is 0 Å². The predicted molar refractivity (Wildman–Crippen MR) is 39.6 cm³/mol. The summed E-state index contributed by atoms with van der Waals surface area (Å²) in [5.74, 6) is -1.44. The molecule has 0 unspecified atom stereocenters. The first-order valence-corrected chi connectivity index (χ1v) is 3.81.